The van der Waals surface area contributed by atoms with E-state index >= 15 is 0 Å². The predicted molar refractivity (Wildman–Crippen MR) is 132 cm³/mol. The first-order valence-electron chi connectivity index (χ1n) is 11.9. The van der Waals surface area contributed by atoms with Gasteiger partial charge in [0.15, 0.2) is 23.0 Å². The summed E-state index contributed by atoms with van der Waals surface area (Å²) in [6, 6.07) is 3.66. The Bertz CT molecular complexity index is 1470. The number of nitrogens with two attached hydrogens (primary N) is 1. The molecule has 0 spiro atoms. The lowest BCUT2D eigenvalue weighted by Gasteiger charge is -2.36. The van der Waals surface area contributed by atoms with E-state index in [1.165, 1.54) is 26.0 Å². The second kappa shape index (κ2) is 10.4. The molecule has 3 aromatic heterocycles. The Morgan fingerprint density at radius 3 is 2.71 bits per heavy atom. The van der Waals surface area contributed by atoms with Gasteiger partial charge in [-0.2, -0.15) is 0 Å². The Balaban J connectivity index is 1.58. The number of nitrogens with zero attached hydrogens (tertiary/aromatic N) is 6. The third-order valence-corrected chi connectivity index (χ3v) is 6.76. The lowest BCUT2D eigenvalue weighted by molar-refractivity contribution is -0.0415. The van der Waals surface area contributed by atoms with Crippen molar-refractivity contribution in [3.05, 3.63) is 54.2 Å². The van der Waals surface area contributed by atoms with Gasteiger partial charge in [-0.25, -0.2) is 37.5 Å². The van der Waals surface area contributed by atoms with Crippen LogP contribution in [-0.4, -0.2) is 62.3 Å². The summed E-state index contributed by atoms with van der Waals surface area (Å²) in [7, 11) is 1.24. The van der Waals surface area contributed by atoms with Crippen LogP contribution in [0.25, 0.3) is 22.3 Å². The maximum absolute atomic E-state index is 14.9. The third-order valence-electron chi connectivity index (χ3n) is 6.76. The number of methoxy groups -OCH3 is 1. The molecule has 1 saturated heterocycles. The minimum absolute atomic E-state index is 0.0182. The maximum Gasteiger partial charge on any atom is 0.264 e. The number of aromatic nitrogens is 5. The second-order valence-electron chi connectivity index (χ2n) is 9.15. The number of anilines is 2. The number of benzene rings is 1. The summed E-state index contributed by atoms with van der Waals surface area (Å²) in [6.07, 6.45) is 0.657. The van der Waals surface area contributed by atoms with Gasteiger partial charge in [0.05, 0.1) is 20.0 Å². The van der Waals surface area contributed by atoms with Crippen molar-refractivity contribution in [2.75, 3.05) is 30.8 Å². The molecule has 9 nitrogen and oxygen atoms in total. The van der Waals surface area contributed by atoms with Crippen LogP contribution in [0.3, 0.4) is 0 Å². The summed E-state index contributed by atoms with van der Waals surface area (Å²) < 4.78 is 62.4. The number of rotatable bonds is 7. The molecule has 2 unspecified atom stereocenters. The summed E-state index contributed by atoms with van der Waals surface area (Å²) in [6.45, 7) is 0.856. The van der Waals surface area contributed by atoms with E-state index in [-0.39, 0.29) is 30.2 Å². The molecule has 1 aliphatic heterocycles. The Hall–Kier alpha value is -4.00. The number of aliphatic hydroxyl groups is 1. The number of piperidine rings is 1. The normalized spacial score (nSPS) is 16.8. The number of alkyl halides is 2. The van der Waals surface area contributed by atoms with Crippen LogP contribution in [0, 0.1) is 17.6 Å². The molecule has 1 aromatic carbocycles. The quantitative estimate of drug-likeness (QED) is 0.348. The summed E-state index contributed by atoms with van der Waals surface area (Å²) in [5.41, 5.74) is 7.65. The highest BCUT2D eigenvalue weighted by Gasteiger charge is 2.33. The molecule has 0 amide bonds. The lowest BCUT2D eigenvalue weighted by Crippen LogP contribution is -2.43. The highest BCUT2D eigenvalue weighted by molar-refractivity contribution is 5.81. The highest BCUT2D eigenvalue weighted by Crippen LogP contribution is 2.34. The fourth-order valence-corrected chi connectivity index (χ4v) is 4.84. The maximum atomic E-state index is 14.9. The minimum atomic E-state index is -2.86. The molecule has 1 fully saturated rings. The SMILES string of the molecule is COc1cc(F)c(-c2cnc(N3CCCC(C(O)C(F)F)C3)c(Cn3cnc4c(N)ncnc43)c2)cc1F. The molecular formula is C25H25F4N7O2. The van der Waals surface area contributed by atoms with Crippen LogP contribution in [0.15, 0.2) is 37.1 Å². The van der Waals surface area contributed by atoms with Crippen LogP contribution >= 0.6 is 0 Å². The van der Waals surface area contributed by atoms with Gasteiger partial charge >= 0.3 is 0 Å². The first-order valence-corrected chi connectivity index (χ1v) is 11.9. The van der Waals surface area contributed by atoms with Gasteiger partial charge in [-0.15, -0.1) is 0 Å². The molecular weight excluding hydrogens is 506 g/mol. The molecule has 0 saturated carbocycles. The number of aliphatic hydroxyl groups excluding tert-OH is 1. The molecule has 5 rings (SSSR count). The molecule has 200 valence electrons. The molecule has 0 bridgehead atoms. The molecule has 2 atom stereocenters. The van der Waals surface area contributed by atoms with Gasteiger partial charge in [0, 0.05) is 48.0 Å². The van der Waals surface area contributed by atoms with Crippen molar-refractivity contribution in [3.8, 4) is 16.9 Å². The number of nitrogen functional groups attached to an aromatic ring is 1. The van der Waals surface area contributed by atoms with Crippen LogP contribution in [0.2, 0.25) is 0 Å². The molecule has 4 heterocycles. The summed E-state index contributed by atoms with van der Waals surface area (Å²) in [4.78, 5) is 18.9. The number of hydrogen-bond donors (Lipinski definition) is 2. The van der Waals surface area contributed by atoms with Crippen molar-refractivity contribution in [2.45, 2.75) is 31.9 Å². The topological polar surface area (TPSA) is 115 Å². The summed E-state index contributed by atoms with van der Waals surface area (Å²) in [5.74, 6) is -1.63. The van der Waals surface area contributed by atoms with Crippen molar-refractivity contribution in [3.63, 3.8) is 0 Å². The van der Waals surface area contributed by atoms with Gasteiger partial charge in [-0.3, -0.25) is 0 Å². The first kappa shape index (κ1) is 25.6. The molecule has 1 aliphatic rings. The number of halogens is 4. The van der Waals surface area contributed by atoms with Gasteiger partial charge in [0.2, 0.25) is 0 Å². The zero-order valence-electron chi connectivity index (χ0n) is 20.4. The van der Waals surface area contributed by atoms with E-state index < -0.39 is 30.1 Å². The monoisotopic (exact) mass is 531 g/mol. The van der Waals surface area contributed by atoms with E-state index in [2.05, 4.69) is 19.9 Å². The van der Waals surface area contributed by atoms with Crippen molar-refractivity contribution in [2.24, 2.45) is 5.92 Å². The van der Waals surface area contributed by atoms with E-state index in [0.717, 1.165) is 12.1 Å². The third kappa shape index (κ3) is 4.80. The van der Waals surface area contributed by atoms with Crippen molar-refractivity contribution < 1.29 is 27.4 Å². The number of fused-ring (bicyclic) bond motifs is 1. The van der Waals surface area contributed by atoms with E-state index in [1.807, 2.05) is 4.90 Å². The molecule has 0 radical (unpaired) electrons. The van der Waals surface area contributed by atoms with Gasteiger partial charge in [0.1, 0.15) is 29.6 Å². The second-order valence-corrected chi connectivity index (χ2v) is 9.15. The van der Waals surface area contributed by atoms with Gasteiger partial charge in [0.25, 0.3) is 6.43 Å². The number of hydrogen-bond acceptors (Lipinski definition) is 8. The van der Waals surface area contributed by atoms with Crippen LogP contribution in [0.1, 0.15) is 18.4 Å². The number of imidazole rings is 1. The van der Waals surface area contributed by atoms with Crippen molar-refractivity contribution in [1.82, 2.24) is 24.5 Å². The minimum Gasteiger partial charge on any atom is -0.494 e. The number of pyridine rings is 1. The molecule has 0 aliphatic carbocycles. The van der Waals surface area contributed by atoms with Crippen molar-refractivity contribution >= 4 is 22.8 Å². The lowest BCUT2D eigenvalue weighted by atomic mass is 9.92. The Labute approximate surface area is 214 Å². The van der Waals surface area contributed by atoms with Crippen LogP contribution in [0.5, 0.6) is 5.75 Å². The predicted octanol–water partition coefficient (Wildman–Crippen LogP) is 3.65. The fourth-order valence-electron chi connectivity index (χ4n) is 4.84. The molecule has 38 heavy (non-hydrogen) atoms. The average molecular weight is 532 g/mol. The van der Waals surface area contributed by atoms with Gasteiger partial charge < -0.3 is 25.0 Å². The highest BCUT2D eigenvalue weighted by atomic mass is 19.3. The number of ether oxygens (including phenoxy) is 1. The zero-order chi connectivity index (χ0) is 27.0. The van der Waals surface area contributed by atoms with Crippen LogP contribution in [0.4, 0.5) is 29.2 Å². The van der Waals surface area contributed by atoms with Crippen molar-refractivity contribution in [1.29, 1.82) is 0 Å². The summed E-state index contributed by atoms with van der Waals surface area (Å²) >= 11 is 0. The average Bonchev–Trinajstić information content (AvgIpc) is 3.33. The standard InChI is InChI=1S/C25H25F4N7O2/c1-38-19-7-17(26)16(6-18(19)27)14-5-15(10-36-12-34-20-23(30)32-11-33-25(20)36)24(31-8-14)35-4-2-3-13(9-35)21(37)22(28)29/h5-8,11-13,21-22,37H,2-4,9-10H2,1H3,(H2,30,32,33). The Morgan fingerprint density at radius 1 is 1.13 bits per heavy atom. The van der Waals surface area contributed by atoms with Gasteiger partial charge in [-0.05, 0) is 25.0 Å². The Morgan fingerprint density at radius 2 is 1.95 bits per heavy atom. The van der Waals surface area contributed by atoms with E-state index in [4.69, 9.17) is 10.5 Å². The van der Waals surface area contributed by atoms with Crippen LogP contribution in [-0.2, 0) is 6.54 Å². The summed E-state index contributed by atoms with van der Waals surface area (Å²) in [5, 5.41) is 10.0. The smallest absolute Gasteiger partial charge is 0.264 e. The van der Waals surface area contributed by atoms with E-state index in [0.29, 0.717) is 47.5 Å². The Kier molecular flexibility index (Phi) is 7.02. The van der Waals surface area contributed by atoms with E-state index in [9.17, 15) is 22.7 Å². The van der Waals surface area contributed by atoms with Gasteiger partial charge in [-0.1, -0.05) is 0 Å². The molecule has 3 N–H and O–H groups in total. The molecule has 13 heteroatoms. The zero-order valence-corrected chi connectivity index (χ0v) is 20.4. The fraction of sp³-hybridized carbons (Fsp3) is 0.360. The molecule has 4 aromatic rings. The largest absolute Gasteiger partial charge is 0.494 e. The first-order chi connectivity index (χ1) is 18.3. The van der Waals surface area contributed by atoms with Crippen LogP contribution < -0.4 is 15.4 Å². The van der Waals surface area contributed by atoms with E-state index in [1.54, 1.807) is 10.6 Å².